The first kappa shape index (κ1) is 32.0. The molecular weight excluding hydrogens is 560 g/mol. The van der Waals surface area contributed by atoms with E-state index < -0.39 is 24.2 Å². The van der Waals surface area contributed by atoms with E-state index in [0.717, 1.165) is 43.3 Å². The number of allylic oxidation sites excluding steroid dienone is 1. The van der Waals surface area contributed by atoms with Gasteiger partial charge < -0.3 is 24.6 Å². The van der Waals surface area contributed by atoms with E-state index in [0.29, 0.717) is 49.5 Å². The highest BCUT2D eigenvalue weighted by Crippen LogP contribution is 2.35. The molecule has 240 valence electrons. The molecule has 7 unspecified atom stereocenters. The summed E-state index contributed by atoms with van der Waals surface area (Å²) in [6, 6.07) is 4.54. The van der Waals surface area contributed by atoms with Crippen molar-refractivity contribution in [3.63, 3.8) is 0 Å². The first-order valence-corrected chi connectivity index (χ1v) is 16.2. The Morgan fingerprint density at radius 3 is 2.59 bits per heavy atom. The number of aliphatic carboxylic acids is 1. The second-order valence-corrected chi connectivity index (χ2v) is 13.6. The largest absolute Gasteiger partial charge is 0.497 e. The summed E-state index contributed by atoms with van der Waals surface area (Å²) in [6.07, 6.45) is 10.1. The van der Waals surface area contributed by atoms with Crippen LogP contribution in [-0.2, 0) is 16.0 Å². The Balaban J connectivity index is 1.51. The monoisotopic (exact) mass is 608 g/mol. The lowest BCUT2D eigenvalue weighted by atomic mass is 9.86. The minimum Gasteiger partial charge on any atom is -0.497 e. The van der Waals surface area contributed by atoms with Crippen LogP contribution in [0.3, 0.4) is 0 Å². The third-order valence-electron chi connectivity index (χ3n) is 9.59. The maximum atomic E-state index is 13.3. The van der Waals surface area contributed by atoms with Gasteiger partial charge in [0.15, 0.2) is 0 Å². The first-order chi connectivity index (χ1) is 21.1. The highest BCUT2D eigenvalue weighted by Gasteiger charge is 2.48. The third-order valence-corrected chi connectivity index (χ3v) is 9.59. The molecule has 44 heavy (non-hydrogen) atoms. The van der Waals surface area contributed by atoms with E-state index in [4.69, 9.17) is 24.2 Å². The molecule has 3 heterocycles. The highest BCUT2D eigenvalue weighted by atomic mass is 16.6. The van der Waals surface area contributed by atoms with Gasteiger partial charge >= 0.3 is 12.1 Å². The van der Waals surface area contributed by atoms with Gasteiger partial charge in [-0.15, -0.1) is 0 Å². The average Bonchev–Trinajstić information content (AvgIpc) is 3.33. The minimum atomic E-state index is -0.893. The quantitative estimate of drug-likeness (QED) is 0.418. The number of fused-ring (bicyclic) bond motifs is 5. The number of aromatic nitrogens is 2. The highest BCUT2D eigenvalue weighted by molar-refractivity contribution is 5.77. The maximum absolute atomic E-state index is 13.3. The summed E-state index contributed by atoms with van der Waals surface area (Å²) in [4.78, 5) is 37.9. The molecule has 3 aliphatic rings. The molecule has 10 heteroatoms. The van der Waals surface area contributed by atoms with Crippen molar-refractivity contribution in [3.8, 4) is 11.6 Å². The Morgan fingerprint density at radius 1 is 1.07 bits per heavy atom. The molecular formula is C34H48N4O6. The first-order valence-electron chi connectivity index (χ1n) is 16.2. The number of hydrogen-bond acceptors (Lipinski definition) is 8. The topological polar surface area (TPSA) is 123 Å². The van der Waals surface area contributed by atoms with Crippen LogP contribution in [0.15, 0.2) is 30.4 Å². The van der Waals surface area contributed by atoms with Crippen LogP contribution in [0, 0.1) is 17.3 Å². The molecule has 1 aromatic heterocycles. The molecule has 1 aliphatic carbocycles. The fraction of sp³-hybridized carbons (Fsp3) is 0.647. The van der Waals surface area contributed by atoms with Gasteiger partial charge in [-0.1, -0.05) is 52.7 Å². The Hall–Kier alpha value is -3.40. The molecule has 0 saturated carbocycles. The molecule has 2 aliphatic heterocycles. The van der Waals surface area contributed by atoms with Crippen molar-refractivity contribution in [2.24, 2.45) is 17.3 Å². The number of nitrogens with one attached hydrogen (secondary N) is 1. The van der Waals surface area contributed by atoms with Crippen LogP contribution in [-0.4, -0.2) is 76.5 Å². The van der Waals surface area contributed by atoms with Crippen LogP contribution in [0.1, 0.15) is 78.3 Å². The zero-order valence-corrected chi connectivity index (χ0v) is 26.8. The van der Waals surface area contributed by atoms with Crippen molar-refractivity contribution in [2.75, 3.05) is 20.2 Å². The molecule has 0 spiro atoms. The van der Waals surface area contributed by atoms with Crippen LogP contribution < -0.4 is 14.8 Å². The zero-order valence-electron chi connectivity index (χ0n) is 26.8. The number of ether oxygens (including phenoxy) is 3. The second-order valence-electron chi connectivity index (χ2n) is 13.6. The molecule has 0 radical (unpaired) electrons. The number of carbonyl (C=O) groups is 2. The summed E-state index contributed by atoms with van der Waals surface area (Å²) in [5.41, 5.74) is 1.91. The lowest BCUT2D eigenvalue weighted by Crippen LogP contribution is -2.54. The van der Waals surface area contributed by atoms with Gasteiger partial charge in [-0.3, -0.25) is 9.69 Å². The lowest BCUT2D eigenvalue weighted by molar-refractivity contribution is -0.144. The van der Waals surface area contributed by atoms with Crippen LogP contribution >= 0.6 is 0 Å². The van der Waals surface area contributed by atoms with Crippen molar-refractivity contribution in [1.82, 2.24) is 20.2 Å². The predicted molar refractivity (Wildman–Crippen MR) is 168 cm³/mol. The van der Waals surface area contributed by atoms with Gasteiger partial charge in [0.25, 0.3) is 0 Å². The van der Waals surface area contributed by atoms with Crippen molar-refractivity contribution in [1.29, 1.82) is 0 Å². The summed E-state index contributed by atoms with van der Waals surface area (Å²) in [6.45, 7) is 8.91. The van der Waals surface area contributed by atoms with Gasteiger partial charge in [-0.05, 0) is 55.6 Å². The number of carboxylic acid groups (broad SMARTS) is 1. The van der Waals surface area contributed by atoms with E-state index in [1.165, 1.54) is 0 Å². The number of hydrogen-bond donors (Lipinski definition) is 2. The smallest absolute Gasteiger partial charge is 0.407 e. The van der Waals surface area contributed by atoms with Crippen LogP contribution in [0.25, 0.3) is 11.0 Å². The van der Waals surface area contributed by atoms with Crippen LogP contribution in [0.2, 0.25) is 0 Å². The molecule has 2 bridgehead atoms. The summed E-state index contributed by atoms with van der Waals surface area (Å²) in [7, 11) is 1.62. The molecule has 1 aromatic carbocycles. The summed E-state index contributed by atoms with van der Waals surface area (Å²) in [5.74, 6) is 0.260. The van der Waals surface area contributed by atoms with E-state index in [9.17, 15) is 14.7 Å². The molecule has 2 aromatic rings. The second kappa shape index (κ2) is 13.7. The Labute approximate surface area is 260 Å². The normalized spacial score (nSPS) is 30.1. The molecule has 10 nitrogen and oxygen atoms in total. The Morgan fingerprint density at radius 2 is 1.86 bits per heavy atom. The van der Waals surface area contributed by atoms with Gasteiger partial charge in [0.1, 0.15) is 29.7 Å². The van der Waals surface area contributed by atoms with Gasteiger partial charge in [-0.2, -0.15) is 0 Å². The number of carboxylic acids is 1. The molecule has 1 fully saturated rings. The van der Waals surface area contributed by atoms with Gasteiger partial charge in [0, 0.05) is 37.5 Å². The number of carbonyl (C=O) groups excluding carboxylic acids is 1. The van der Waals surface area contributed by atoms with E-state index in [2.05, 4.69) is 38.2 Å². The average molecular weight is 609 g/mol. The van der Waals surface area contributed by atoms with Gasteiger partial charge in [-0.25, -0.2) is 14.8 Å². The maximum Gasteiger partial charge on any atom is 0.407 e. The van der Waals surface area contributed by atoms with Crippen molar-refractivity contribution in [3.05, 3.63) is 36.0 Å². The van der Waals surface area contributed by atoms with Gasteiger partial charge in [0.05, 0.1) is 18.1 Å². The fourth-order valence-corrected chi connectivity index (χ4v) is 6.93. The molecule has 1 saturated heterocycles. The summed E-state index contributed by atoms with van der Waals surface area (Å²) in [5, 5.41) is 13.6. The minimum absolute atomic E-state index is 0.171. The van der Waals surface area contributed by atoms with E-state index in [1.807, 2.05) is 30.0 Å². The Bertz CT molecular complexity index is 1360. The van der Waals surface area contributed by atoms with Crippen molar-refractivity contribution >= 4 is 23.1 Å². The number of nitrogens with zero attached hydrogens (tertiary/aromatic N) is 3. The SMILES string of the molecule is CCC1C2CN(CC(C(C)(C)C)NC(=O)OC3CC=CCC3CCCCCc3nc4ccc(OC)cc4nc3O2)C1C(=O)O. The summed E-state index contributed by atoms with van der Waals surface area (Å²) >= 11 is 0. The molecule has 7 atom stereocenters. The lowest BCUT2D eigenvalue weighted by Gasteiger charge is -2.36. The zero-order chi connectivity index (χ0) is 31.4. The van der Waals surface area contributed by atoms with Crippen molar-refractivity contribution < 1.29 is 28.9 Å². The standard InChI is InChI=1S/C34H48N4O6/c1-6-23-28-19-38(30(23)32(39)40)20-29(34(2,3)4)37-33(41)44-27-15-11-10-13-21(27)12-8-7-9-14-25-31(43-28)36-26-18-22(42-5)16-17-24(26)35-25/h10-11,16-18,21,23,27-30H,6-9,12-15,19-20H2,1-5H3,(H,37,41)(H,39,40). The number of alkyl carbamates (subject to hydrolysis) is 1. The number of methoxy groups -OCH3 is 1. The van der Waals surface area contributed by atoms with Crippen molar-refractivity contribution in [2.45, 2.75) is 103 Å². The Kier molecular flexibility index (Phi) is 9.97. The van der Waals surface area contributed by atoms with Crippen LogP contribution in [0.5, 0.6) is 11.6 Å². The summed E-state index contributed by atoms with van der Waals surface area (Å²) < 4.78 is 18.1. The molecule has 2 N–H and O–H groups in total. The van der Waals surface area contributed by atoms with E-state index >= 15 is 0 Å². The van der Waals surface area contributed by atoms with Gasteiger partial charge in [0.2, 0.25) is 5.88 Å². The van der Waals surface area contributed by atoms with E-state index in [-0.39, 0.29) is 29.4 Å². The fourth-order valence-electron chi connectivity index (χ4n) is 6.93. The predicted octanol–water partition coefficient (Wildman–Crippen LogP) is 5.77. The number of rotatable bonds is 3. The number of aryl methyl sites for hydroxylation is 1. The number of benzene rings is 1. The number of amides is 1. The van der Waals surface area contributed by atoms with E-state index in [1.54, 1.807) is 7.11 Å². The molecule has 1 amide bonds. The third kappa shape index (κ3) is 7.28. The van der Waals surface area contributed by atoms with Crippen LogP contribution in [0.4, 0.5) is 4.79 Å². The molecule has 5 rings (SSSR count).